The number of halogens is 6. The van der Waals surface area contributed by atoms with Crippen molar-refractivity contribution in [3.05, 3.63) is 33.6 Å². The van der Waals surface area contributed by atoms with Crippen molar-refractivity contribution in [2.24, 2.45) is 0 Å². The lowest BCUT2D eigenvalue weighted by molar-refractivity contribution is -0.386. The Balaban J connectivity index is 3.61. The zero-order chi connectivity index (χ0) is 13.4. The molecule has 0 atom stereocenters. The molecule has 0 saturated heterocycles. The summed E-state index contributed by atoms with van der Waals surface area (Å²) >= 11 is 33.5. The Bertz CT molecular complexity index is 420. The quantitative estimate of drug-likeness (QED) is 0.417. The minimum absolute atomic E-state index is 0.219. The molecule has 94 valence electrons. The molecule has 0 aliphatic heterocycles. The molecule has 0 aliphatic rings. The molecule has 0 aromatic carbocycles. The lowest BCUT2D eigenvalue weighted by atomic mass is 10.2. The van der Waals surface area contributed by atoms with E-state index in [9.17, 15) is 10.1 Å². The van der Waals surface area contributed by atoms with E-state index in [1.807, 2.05) is 0 Å². The van der Waals surface area contributed by atoms with Crippen LogP contribution in [0.5, 0.6) is 0 Å². The van der Waals surface area contributed by atoms with Gasteiger partial charge < -0.3 is 0 Å². The maximum atomic E-state index is 10.9. The van der Waals surface area contributed by atoms with E-state index in [0.29, 0.717) is 0 Å². The van der Waals surface area contributed by atoms with Gasteiger partial charge in [0.1, 0.15) is 0 Å². The van der Waals surface area contributed by atoms with Crippen LogP contribution in [0.15, 0.2) is 12.3 Å². The number of hydrogen-bond donors (Lipinski definition) is 0. The van der Waals surface area contributed by atoms with Crippen molar-refractivity contribution >= 4 is 75.3 Å². The van der Waals surface area contributed by atoms with Crippen LogP contribution in [-0.4, -0.2) is 9.91 Å². The van der Waals surface area contributed by atoms with E-state index in [0.717, 1.165) is 6.20 Å². The van der Waals surface area contributed by atoms with Gasteiger partial charge in [-0.2, -0.15) is 0 Å². The zero-order valence-corrected chi connectivity index (χ0v) is 12.2. The Labute approximate surface area is 126 Å². The van der Waals surface area contributed by atoms with Crippen LogP contribution in [-0.2, 0) is 7.59 Å². The van der Waals surface area contributed by atoms with Crippen LogP contribution in [0, 0.1) is 10.1 Å². The van der Waals surface area contributed by atoms with E-state index in [1.165, 1.54) is 6.07 Å². The average molecular weight is 359 g/mol. The van der Waals surface area contributed by atoms with Gasteiger partial charge in [-0.15, -0.1) is 0 Å². The number of rotatable bonds is 1. The maximum absolute atomic E-state index is 10.9. The highest BCUT2D eigenvalue weighted by Crippen LogP contribution is 2.48. The topological polar surface area (TPSA) is 56.0 Å². The smallest absolute Gasteiger partial charge is 0.258 e. The summed E-state index contributed by atoms with van der Waals surface area (Å²) in [7, 11) is 0. The van der Waals surface area contributed by atoms with Crippen molar-refractivity contribution < 1.29 is 4.92 Å². The van der Waals surface area contributed by atoms with Crippen molar-refractivity contribution in [1.29, 1.82) is 0 Å². The number of aromatic nitrogens is 1. The minimum Gasteiger partial charge on any atom is -0.258 e. The van der Waals surface area contributed by atoms with E-state index in [1.54, 1.807) is 0 Å². The first-order valence-corrected chi connectivity index (χ1v) is 6.09. The first-order chi connectivity index (χ1) is 7.55. The number of pyridine rings is 1. The summed E-state index contributed by atoms with van der Waals surface area (Å²) in [6.45, 7) is 0. The predicted molar refractivity (Wildman–Crippen MR) is 69.4 cm³/mol. The van der Waals surface area contributed by atoms with Gasteiger partial charge in [0.2, 0.25) is 7.59 Å². The molecule has 1 aromatic heterocycles. The van der Waals surface area contributed by atoms with Gasteiger partial charge in [0, 0.05) is 6.20 Å². The largest absolute Gasteiger partial charge is 0.302 e. The molecule has 10 heteroatoms. The first kappa shape index (κ1) is 15.3. The number of hydrogen-bond acceptors (Lipinski definition) is 3. The molecule has 1 rings (SSSR count). The van der Waals surface area contributed by atoms with E-state index >= 15 is 0 Å². The van der Waals surface area contributed by atoms with E-state index in [2.05, 4.69) is 4.98 Å². The van der Waals surface area contributed by atoms with Crippen LogP contribution in [0.1, 0.15) is 11.3 Å². The lowest BCUT2D eigenvalue weighted by Gasteiger charge is -2.16. The lowest BCUT2D eigenvalue weighted by Crippen LogP contribution is -2.14. The molecular formula is C7H2Cl6N2O2. The van der Waals surface area contributed by atoms with Gasteiger partial charge >= 0.3 is 5.69 Å². The standard InChI is InChI=1S/C7H2Cl6N2O2/c8-6(9,10)3-1-2-14-5(7(11,12)13)4(3)15(16)17/h1-2H. The fourth-order valence-electron chi connectivity index (χ4n) is 1.07. The summed E-state index contributed by atoms with van der Waals surface area (Å²) in [5.41, 5.74) is -1.26. The van der Waals surface area contributed by atoms with Crippen molar-refractivity contribution in [2.45, 2.75) is 7.59 Å². The Kier molecular flexibility index (Phi) is 4.62. The number of nitro groups is 1. The molecule has 0 N–H and O–H groups in total. The van der Waals surface area contributed by atoms with Crippen molar-refractivity contribution in [2.75, 3.05) is 0 Å². The van der Waals surface area contributed by atoms with Gasteiger partial charge in [-0.25, -0.2) is 4.98 Å². The van der Waals surface area contributed by atoms with Gasteiger partial charge in [-0.1, -0.05) is 69.6 Å². The molecule has 4 nitrogen and oxygen atoms in total. The molecule has 0 aliphatic carbocycles. The first-order valence-electron chi connectivity index (χ1n) is 3.83. The summed E-state index contributed by atoms with van der Waals surface area (Å²) < 4.78 is -4.11. The highest BCUT2D eigenvalue weighted by Gasteiger charge is 2.40. The molecule has 0 spiro atoms. The fraction of sp³-hybridized carbons (Fsp3) is 0.286. The SMILES string of the molecule is O=[N+]([O-])c1c(C(Cl)(Cl)Cl)ccnc1C(Cl)(Cl)Cl. The van der Waals surface area contributed by atoms with Crippen molar-refractivity contribution in [3.63, 3.8) is 0 Å². The number of nitrogens with zero attached hydrogens (tertiary/aromatic N) is 2. The predicted octanol–water partition coefficient (Wildman–Crippen LogP) is 4.64. The Morgan fingerprint density at radius 2 is 1.65 bits per heavy atom. The van der Waals surface area contributed by atoms with Crippen LogP contribution in [0.4, 0.5) is 5.69 Å². The summed E-state index contributed by atoms with van der Waals surface area (Å²) in [6, 6.07) is 1.17. The van der Waals surface area contributed by atoms with Crippen LogP contribution in [0.2, 0.25) is 0 Å². The molecule has 0 radical (unpaired) electrons. The van der Waals surface area contributed by atoms with Gasteiger partial charge in [0.05, 0.1) is 10.5 Å². The Morgan fingerprint density at radius 1 is 1.12 bits per heavy atom. The summed E-state index contributed by atoms with van der Waals surface area (Å²) in [5.74, 6) is 0. The third-order valence-corrected chi connectivity index (χ3v) is 2.83. The average Bonchev–Trinajstić information content (AvgIpc) is 2.13. The molecule has 0 fully saturated rings. The monoisotopic (exact) mass is 356 g/mol. The number of alkyl halides is 6. The molecule has 0 amide bonds. The zero-order valence-electron chi connectivity index (χ0n) is 7.63. The Hall–Kier alpha value is 0.290. The Morgan fingerprint density at radius 3 is 2.00 bits per heavy atom. The second kappa shape index (κ2) is 5.11. The fourth-order valence-corrected chi connectivity index (χ4v) is 1.95. The minimum atomic E-state index is -2.09. The van der Waals surface area contributed by atoms with Gasteiger partial charge in [-0.3, -0.25) is 10.1 Å². The van der Waals surface area contributed by atoms with Crippen molar-refractivity contribution in [3.8, 4) is 0 Å². The molecule has 0 unspecified atom stereocenters. The summed E-state index contributed by atoms with van der Waals surface area (Å²) in [4.78, 5) is 13.8. The third-order valence-electron chi connectivity index (χ3n) is 1.68. The summed E-state index contributed by atoms with van der Waals surface area (Å²) in [6.07, 6.45) is 1.15. The molecule has 0 saturated carbocycles. The summed E-state index contributed by atoms with van der Waals surface area (Å²) in [5, 5.41) is 10.9. The van der Waals surface area contributed by atoms with Gasteiger partial charge in [0.15, 0.2) is 5.69 Å². The van der Waals surface area contributed by atoms with Gasteiger partial charge in [0.25, 0.3) is 0 Å². The maximum Gasteiger partial charge on any atom is 0.302 e. The molecular weight excluding hydrogens is 357 g/mol. The van der Waals surface area contributed by atoms with Gasteiger partial charge in [-0.05, 0) is 6.07 Å². The van der Waals surface area contributed by atoms with Crippen LogP contribution >= 0.6 is 69.6 Å². The molecule has 17 heavy (non-hydrogen) atoms. The van der Waals surface area contributed by atoms with Crippen LogP contribution in [0.25, 0.3) is 0 Å². The molecule has 0 bridgehead atoms. The molecule has 1 aromatic rings. The highest BCUT2D eigenvalue weighted by atomic mass is 35.6. The molecule has 1 heterocycles. The third kappa shape index (κ3) is 3.63. The normalized spacial score (nSPS) is 12.6. The van der Waals surface area contributed by atoms with E-state index < -0.39 is 23.9 Å². The van der Waals surface area contributed by atoms with Crippen LogP contribution < -0.4 is 0 Å². The van der Waals surface area contributed by atoms with E-state index in [4.69, 9.17) is 69.6 Å². The van der Waals surface area contributed by atoms with Crippen LogP contribution in [0.3, 0.4) is 0 Å². The van der Waals surface area contributed by atoms with Crippen molar-refractivity contribution in [1.82, 2.24) is 4.98 Å². The van der Waals surface area contributed by atoms with E-state index in [-0.39, 0.29) is 5.56 Å². The second-order valence-electron chi connectivity index (χ2n) is 2.81. The highest BCUT2D eigenvalue weighted by molar-refractivity contribution is 6.68. The second-order valence-corrected chi connectivity index (χ2v) is 7.37.